The van der Waals surface area contributed by atoms with Crippen LogP contribution in [0.3, 0.4) is 0 Å². The first-order chi connectivity index (χ1) is 15.7. The Kier molecular flexibility index (Phi) is 3.21. The fraction of sp³-hybridized carbons (Fsp3) is 0.926. The molecule has 0 spiro atoms. The molecule has 0 unspecified atom stereocenters. The molecule has 0 aromatic heterocycles. The van der Waals surface area contributed by atoms with Gasteiger partial charge >= 0.3 is 0 Å². The Bertz CT molecular complexity index is 919. The topological polar surface area (TPSA) is 23.5 Å². The molecule has 29 heavy (non-hydrogen) atoms. The lowest BCUT2D eigenvalue weighted by Crippen LogP contribution is -2.51. The van der Waals surface area contributed by atoms with Gasteiger partial charge in [0, 0.05) is 24.1 Å². The average molecular weight is 403 g/mol. The third kappa shape index (κ3) is 2.48. The van der Waals surface area contributed by atoms with E-state index < -0.39 is 24.2 Å². The molecule has 2 heteroatoms. The highest BCUT2D eigenvalue weighted by Gasteiger charge is 2.66. The minimum absolute atomic E-state index is 0.0327. The molecule has 0 aromatic rings. The lowest BCUT2D eigenvalue weighted by molar-refractivity contribution is -0.0574. The molecule has 2 saturated heterocycles. The zero-order chi connectivity index (χ0) is 24.6. The lowest BCUT2D eigenvalue weighted by Gasteiger charge is -2.58. The van der Waals surface area contributed by atoms with Crippen molar-refractivity contribution in [1.29, 1.82) is 0 Å². The molecule has 0 bridgehead atoms. The Labute approximate surface area is 185 Å². The second kappa shape index (κ2) is 6.35. The smallest absolute Gasteiger partial charge is 0.0604 e. The van der Waals surface area contributed by atoms with Gasteiger partial charge < -0.3 is 5.11 Å². The third-order valence-corrected chi connectivity index (χ3v) is 11.0. The maximum Gasteiger partial charge on any atom is 0.0604 e. The second-order valence-corrected chi connectivity index (χ2v) is 12.2. The molecule has 6 rings (SSSR count). The van der Waals surface area contributed by atoms with Crippen molar-refractivity contribution >= 4 is 0 Å². The van der Waals surface area contributed by atoms with Crippen molar-refractivity contribution in [1.82, 2.24) is 4.90 Å². The number of fused-ring (bicyclic) bond motifs is 9. The summed E-state index contributed by atoms with van der Waals surface area (Å²) in [7, 11) is 0. The van der Waals surface area contributed by atoms with Gasteiger partial charge in [-0.15, -0.1) is 0 Å². The number of allylic oxidation sites excluding steroid dienone is 1. The van der Waals surface area contributed by atoms with Crippen molar-refractivity contribution in [3.8, 4) is 0 Å². The minimum atomic E-state index is -2.76. The van der Waals surface area contributed by atoms with Crippen LogP contribution in [-0.4, -0.2) is 34.7 Å². The molecular formula is C27H43NO. The Morgan fingerprint density at radius 3 is 2.79 bits per heavy atom. The first-order valence-electron chi connectivity index (χ1n) is 14.9. The van der Waals surface area contributed by atoms with Crippen LogP contribution < -0.4 is 0 Å². The lowest BCUT2D eigenvalue weighted by atomic mass is 9.47. The quantitative estimate of drug-likeness (QED) is 0.529. The molecule has 11 atom stereocenters. The van der Waals surface area contributed by atoms with Crippen LogP contribution in [0.2, 0.25) is 0 Å². The zero-order valence-corrected chi connectivity index (χ0v) is 18.7. The zero-order valence-electron chi connectivity index (χ0n) is 23.7. The largest absolute Gasteiger partial charge is 0.393 e. The fourth-order valence-electron chi connectivity index (χ4n) is 9.69. The Hall–Kier alpha value is -0.340. The Morgan fingerprint density at radius 1 is 1.14 bits per heavy atom. The van der Waals surface area contributed by atoms with E-state index in [1.165, 1.54) is 25.8 Å². The summed E-state index contributed by atoms with van der Waals surface area (Å²) in [6.07, 6.45) is 1.47. The van der Waals surface area contributed by atoms with Crippen LogP contribution >= 0.6 is 0 Å². The summed E-state index contributed by atoms with van der Waals surface area (Å²) >= 11 is 0. The van der Waals surface area contributed by atoms with Crippen LogP contribution in [0.25, 0.3) is 0 Å². The molecule has 3 saturated carbocycles. The number of hydrogen-bond donors (Lipinski definition) is 1. The summed E-state index contributed by atoms with van der Waals surface area (Å²) in [5, 5.41) is 10.7. The number of aliphatic hydroxyl groups is 1. The SMILES string of the molecule is [2H]C1([2H])C[C@@]2(C)C(=CC[C@H]3[C@@H]4C[C@H]5[C@H]([C@H](C)[C@H]6CC[C@H](C)CN65)[C@@]4(C)CC[C@@H]32)C([2H])([2H])[C@@]1([2H])O. The summed E-state index contributed by atoms with van der Waals surface area (Å²) in [5.74, 6) is 3.48. The van der Waals surface area contributed by atoms with Crippen molar-refractivity contribution in [2.75, 3.05) is 6.54 Å². The fourth-order valence-corrected chi connectivity index (χ4v) is 9.69. The molecule has 1 N–H and O–H groups in total. The van der Waals surface area contributed by atoms with Gasteiger partial charge in [0.25, 0.3) is 0 Å². The molecule has 0 radical (unpaired) electrons. The van der Waals surface area contributed by atoms with Gasteiger partial charge in [-0.3, -0.25) is 4.90 Å². The molecule has 2 heterocycles. The normalized spacial score (nSPS) is 67.8. The van der Waals surface area contributed by atoms with E-state index in [-0.39, 0.29) is 12.3 Å². The summed E-state index contributed by atoms with van der Waals surface area (Å²) in [5.41, 5.74) is 0.154. The van der Waals surface area contributed by atoms with E-state index in [0.717, 1.165) is 43.1 Å². The van der Waals surface area contributed by atoms with Gasteiger partial charge in [-0.2, -0.15) is 0 Å². The molecule has 2 nitrogen and oxygen atoms in total. The summed E-state index contributed by atoms with van der Waals surface area (Å²) in [4.78, 5) is 2.88. The molecule has 2 aliphatic heterocycles. The van der Waals surface area contributed by atoms with Gasteiger partial charge in [0.1, 0.15) is 0 Å². The highest BCUT2D eigenvalue weighted by molar-refractivity contribution is 5.26. The number of piperidine rings is 1. The number of hydrogen-bond acceptors (Lipinski definition) is 2. The van der Waals surface area contributed by atoms with E-state index in [2.05, 4.69) is 25.7 Å². The Morgan fingerprint density at radius 2 is 1.97 bits per heavy atom. The van der Waals surface area contributed by atoms with Crippen molar-refractivity contribution in [2.24, 2.45) is 46.3 Å². The van der Waals surface area contributed by atoms with Crippen molar-refractivity contribution in [3.05, 3.63) is 11.6 Å². The van der Waals surface area contributed by atoms with Crippen LogP contribution in [-0.2, 0) is 0 Å². The molecule has 4 aliphatic carbocycles. The number of rotatable bonds is 0. The van der Waals surface area contributed by atoms with Crippen LogP contribution in [0.15, 0.2) is 11.6 Å². The minimum Gasteiger partial charge on any atom is -0.393 e. The highest BCUT2D eigenvalue weighted by Crippen LogP contribution is 2.69. The monoisotopic (exact) mass is 402 g/mol. The van der Waals surface area contributed by atoms with Crippen LogP contribution in [0.5, 0.6) is 0 Å². The molecule has 5 fully saturated rings. The molecule has 162 valence electrons. The van der Waals surface area contributed by atoms with Crippen molar-refractivity contribution < 1.29 is 12.0 Å². The molecule has 6 aliphatic rings. The van der Waals surface area contributed by atoms with Gasteiger partial charge in [0.05, 0.1) is 7.45 Å². The molecule has 0 amide bonds. The van der Waals surface area contributed by atoms with Crippen LogP contribution in [0.1, 0.15) is 92.2 Å². The van der Waals surface area contributed by atoms with Gasteiger partial charge in [-0.05, 0) is 104 Å². The van der Waals surface area contributed by atoms with Crippen molar-refractivity contribution in [2.45, 2.75) is 104 Å². The van der Waals surface area contributed by atoms with E-state index in [0.29, 0.717) is 28.9 Å². The highest BCUT2D eigenvalue weighted by atomic mass is 16.3. The summed E-state index contributed by atoms with van der Waals surface area (Å²) < 4.78 is 42.7. The summed E-state index contributed by atoms with van der Waals surface area (Å²) in [6.45, 7) is 10.8. The van der Waals surface area contributed by atoms with E-state index in [1.807, 2.05) is 13.0 Å². The molecular weight excluding hydrogens is 354 g/mol. The van der Waals surface area contributed by atoms with Gasteiger partial charge in [-0.1, -0.05) is 39.3 Å². The average Bonchev–Trinajstić information content (AvgIpc) is 3.18. The second-order valence-electron chi connectivity index (χ2n) is 12.2. The standard InChI is InChI=1S/C27H43NO/c1-16-5-8-23-17(2)25-24(28(23)15-16)14-22-20-7-6-18-13-19(29)9-11-26(18,3)21(20)10-12-27(22,25)4/h6,16-17,19-25,29H,5,7-15H2,1-4H3/t16-,17+,19-,20+,21-,22-,23+,24-,25-,26-,27-/m0/s1/i9D2,13D2,19D. The van der Waals surface area contributed by atoms with E-state index in [1.54, 1.807) is 0 Å². The number of nitrogens with zero attached hydrogens (tertiary/aromatic N) is 1. The van der Waals surface area contributed by atoms with Crippen LogP contribution in [0, 0.1) is 46.3 Å². The maximum atomic E-state index is 10.7. The summed E-state index contributed by atoms with van der Waals surface area (Å²) in [6, 6.07) is 1.40. The Balaban J connectivity index is 1.37. The third-order valence-electron chi connectivity index (χ3n) is 11.0. The van der Waals surface area contributed by atoms with Gasteiger partial charge in [0.15, 0.2) is 0 Å². The van der Waals surface area contributed by atoms with Gasteiger partial charge in [0.2, 0.25) is 0 Å². The van der Waals surface area contributed by atoms with E-state index >= 15 is 0 Å². The first kappa shape index (κ1) is 14.7. The van der Waals surface area contributed by atoms with Gasteiger partial charge in [-0.25, -0.2) is 0 Å². The van der Waals surface area contributed by atoms with E-state index in [9.17, 15) is 5.11 Å². The molecule has 0 aromatic carbocycles. The maximum absolute atomic E-state index is 10.7. The predicted molar refractivity (Wildman–Crippen MR) is 118 cm³/mol. The predicted octanol–water partition coefficient (Wildman–Crippen LogP) is 5.66. The van der Waals surface area contributed by atoms with Crippen molar-refractivity contribution in [3.63, 3.8) is 0 Å². The van der Waals surface area contributed by atoms with E-state index in [4.69, 9.17) is 6.85 Å². The van der Waals surface area contributed by atoms with Crippen LogP contribution in [0.4, 0.5) is 0 Å². The first-order valence-corrected chi connectivity index (χ1v) is 12.4.